The monoisotopic (exact) mass is 147 g/mol. The lowest BCUT2D eigenvalue weighted by Crippen LogP contribution is -2.37. The maximum Gasteiger partial charge on any atom is 0.0731 e. The van der Waals surface area contributed by atoms with Crippen LogP contribution >= 0.6 is 0 Å². The fraction of sp³-hybridized carbons (Fsp3) is 1.00. The van der Waals surface area contributed by atoms with Crippen molar-refractivity contribution in [3.05, 3.63) is 0 Å². The van der Waals surface area contributed by atoms with Gasteiger partial charge in [0, 0.05) is 6.04 Å². The van der Waals surface area contributed by atoms with Gasteiger partial charge in [-0.3, -0.25) is 0 Å². The van der Waals surface area contributed by atoms with Gasteiger partial charge in [-0.15, -0.1) is 0 Å². The molecule has 3 atom stereocenters. The number of hydrogen-bond acceptors (Lipinski definition) is 4. The summed E-state index contributed by atoms with van der Waals surface area (Å²) in [6.07, 6.45) is 0.0176. The van der Waals surface area contributed by atoms with Crippen LogP contribution in [0.4, 0.5) is 0 Å². The van der Waals surface area contributed by atoms with Crippen molar-refractivity contribution in [2.75, 3.05) is 13.2 Å². The molecule has 10 heavy (non-hydrogen) atoms. The maximum atomic E-state index is 9.16. The molecule has 0 aliphatic carbocycles. The molecular weight excluding hydrogens is 134 g/mol. The van der Waals surface area contributed by atoms with E-state index in [1.807, 2.05) is 0 Å². The van der Waals surface area contributed by atoms with Gasteiger partial charge in [0.15, 0.2) is 0 Å². The first-order valence-electron chi connectivity index (χ1n) is 3.43. The van der Waals surface area contributed by atoms with Crippen molar-refractivity contribution in [3.8, 4) is 0 Å². The first-order valence-corrected chi connectivity index (χ1v) is 3.43. The predicted octanol–water partition coefficient (Wildman–Crippen LogP) is -1.94. The number of aliphatic hydroxyl groups excluding tert-OH is 3. The van der Waals surface area contributed by atoms with E-state index in [1.165, 1.54) is 0 Å². The van der Waals surface area contributed by atoms with E-state index < -0.39 is 6.10 Å². The maximum absolute atomic E-state index is 9.16. The van der Waals surface area contributed by atoms with Gasteiger partial charge in [0.25, 0.3) is 0 Å². The Bertz CT molecular complexity index is 109. The van der Waals surface area contributed by atoms with Crippen molar-refractivity contribution in [1.29, 1.82) is 0 Å². The lowest BCUT2D eigenvalue weighted by Gasteiger charge is -2.10. The van der Waals surface area contributed by atoms with Crippen molar-refractivity contribution in [1.82, 2.24) is 5.32 Å². The molecule has 0 amide bonds. The number of nitrogens with one attached hydrogen (secondary N) is 1. The molecule has 4 N–H and O–H groups in total. The molecule has 60 valence electrons. The molecule has 1 aliphatic heterocycles. The zero-order valence-electron chi connectivity index (χ0n) is 5.70. The summed E-state index contributed by atoms with van der Waals surface area (Å²) < 4.78 is 0. The average Bonchev–Trinajstić information content (AvgIpc) is 2.30. The minimum absolute atomic E-state index is 0.0214. The second-order valence-electron chi connectivity index (χ2n) is 2.64. The second-order valence-corrected chi connectivity index (χ2v) is 2.64. The molecule has 0 aromatic carbocycles. The number of aliphatic hydroxyl groups is 3. The highest BCUT2D eigenvalue weighted by molar-refractivity contribution is 4.89. The first-order chi connectivity index (χ1) is 4.77. The molecule has 0 aromatic rings. The summed E-state index contributed by atoms with van der Waals surface area (Å²) in [5.74, 6) is 0. The van der Waals surface area contributed by atoms with Crippen molar-refractivity contribution in [3.63, 3.8) is 0 Å². The van der Waals surface area contributed by atoms with E-state index in [4.69, 9.17) is 15.3 Å². The zero-order valence-corrected chi connectivity index (χ0v) is 5.70. The van der Waals surface area contributed by atoms with Gasteiger partial charge in [-0.1, -0.05) is 0 Å². The molecular formula is C6H13NO3. The largest absolute Gasteiger partial charge is 0.395 e. The topological polar surface area (TPSA) is 72.7 Å². The van der Waals surface area contributed by atoms with E-state index in [2.05, 4.69) is 5.32 Å². The van der Waals surface area contributed by atoms with Gasteiger partial charge >= 0.3 is 0 Å². The van der Waals surface area contributed by atoms with Crippen molar-refractivity contribution >= 4 is 0 Å². The minimum Gasteiger partial charge on any atom is -0.395 e. The van der Waals surface area contributed by atoms with Crippen LogP contribution in [0.2, 0.25) is 0 Å². The van der Waals surface area contributed by atoms with Crippen LogP contribution in [0.3, 0.4) is 0 Å². The Hall–Kier alpha value is -0.160. The van der Waals surface area contributed by atoms with Crippen LogP contribution in [0.1, 0.15) is 6.42 Å². The Labute approximate surface area is 59.5 Å². The smallest absolute Gasteiger partial charge is 0.0731 e. The Morgan fingerprint density at radius 1 is 1.30 bits per heavy atom. The quantitative estimate of drug-likeness (QED) is 0.367. The lowest BCUT2D eigenvalue weighted by molar-refractivity contribution is 0.121. The summed E-state index contributed by atoms with van der Waals surface area (Å²) in [6, 6.07) is -0.302. The standard InChI is InChI=1S/C6H13NO3/c8-2-4-1-6(10)5(3-9)7-4/h4-10H,1-3H2/t4-,5+,6-/m1/s1. The molecule has 4 heteroatoms. The number of hydrogen-bond donors (Lipinski definition) is 4. The molecule has 1 heterocycles. The second kappa shape index (κ2) is 3.30. The molecule has 1 saturated heterocycles. The molecule has 0 spiro atoms. The summed E-state index contributed by atoms with van der Waals surface area (Å²) in [7, 11) is 0. The van der Waals surface area contributed by atoms with Gasteiger partial charge in [-0.2, -0.15) is 0 Å². The van der Waals surface area contributed by atoms with Crippen molar-refractivity contribution in [2.45, 2.75) is 24.6 Å². The average molecular weight is 147 g/mol. The van der Waals surface area contributed by atoms with Crippen LogP contribution in [0.25, 0.3) is 0 Å². The van der Waals surface area contributed by atoms with E-state index in [0.29, 0.717) is 6.42 Å². The highest BCUT2D eigenvalue weighted by atomic mass is 16.3. The summed E-state index contributed by atoms with van der Waals surface area (Å²) in [6.45, 7) is -0.0504. The van der Waals surface area contributed by atoms with E-state index in [0.717, 1.165) is 0 Å². The molecule has 0 aromatic heterocycles. The van der Waals surface area contributed by atoms with E-state index in [9.17, 15) is 0 Å². The summed E-state index contributed by atoms with van der Waals surface area (Å²) in [4.78, 5) is 0. The van der Waals surface area contributed by atoms with Crippen LogP contribution in [-0.2, 0) is 0 Å². The zero-order chi connectivity index (χ0) is 7.56. The fourth-order valence-electron chi connectivity index (χ4n) is 1.24. The van der Waals surface area contributed by atoms with E-state index in [-0.39, 0.29) is 25.3 Å². The van der Waals surface area contributed by atoms with Crippen LogP contribution in [0.5, 0.6) is 0 Å². The minimum atomic E-state index is -0.512. The van der Waals surface area contributed by atoms with Gasteiger partial charge in [0.1, 0.15) is 0 Å². The summed E-state index contributed by atoms with van der Waals surface area (Å²) in [5.41, 5.74) is 0. The molecule has 1 aliphatic rings. The molecule has 0 radical (unpaired) electrons. The van der Waals surface area contributed by atoms with Crippen molar-refractivity contribution in [2.24, 2.45) is 0 Å². The van der Waals surface area contributed by atoms with Crippen LogP contribution in [0.15, 0.2) is 0 Å². The SMILES string of the molecule is OC[C@H]1C[C@@H](O)[C@H](CO)N1. The van der Waals surface area contributed by atoms with Gasteiger partial charge in [0.2, 0.25) is 0 Å². The van der Waals surface area contributed by atoms with Gasteiger partial charge in [-0.05, 0) is 6.42 Å². The fourth-order valence-corrected chi connectivity index (χ4v) is 1.24. The Balaban J connectivity index is 2.36. The third kappa shape index (κ3) is 1.46. The third-order valence-corrected chi connectivity index (χ3v) is 1.86. The molecule has 0 unspecified atom stereocenters. The summed E-state index contributed by atoms with van der Waals surface area (Å²) >= 11 is 0. The van der Waals surface area contributed by atoms with Crippen molar-refractivity contribution < 1.29 is 15.3 Å². The Morgan fingerprint density at radius 2 is 2.00 bits per heavy atom. The van der Waals surface area contributed by atoms with Crippen LogP contribution in [-0.4, -0.2) is 46.7 Å². The number of rotatable bonds is 2. The molecule has 1 fully saturated rings. The molecule has 0 saturated carbocycles. The third-order valence-electron chi connectivity index (χ3n) is 1.86. The molecule has 1 rings (SSSR count). The van der Waals surface area contributed by atoms with Crippen LogP contribution < -0.4 is 5.32 Å². The highest BCUT2D eigenvalue weighted by Gasteiger charge is 2.30. The summed E-state index contributed by atoms with van der Waals surface area (Å²) in [5, 5.41) is 29.3. The van der Waals surface area contributed by atoms with Gasteiger partial charge in [-0.25, -0.2) is 0 Å². The Kier molecular flexibility index (Phi) is 2.62. The van der Waals surface area contributed by atoms with Gasteiger partial charge in [0.05, 0.1) is 25.4 Å². The first kappa shape index (κ1) is 7.94. The molecule has 4 nitrogen and oxygen atoms in total. The normalized spacial score (nSPS) is 40.5. The Morgan fingerprint density at radius 3 is 2.30 bits per heavy atom. The van der Waals surface area contributed by atoms with E-state index >= 15 is 0 Å². The lowest BCUT2D eigenvalue weighted by atomic mass is 10.1. The molecule has 0 bridgehead atoms. The highest BCUT2D eigenvalue weighted by Crippen LogP contribution is 2.11. The van der Waals surface area contributed by atoms with Gasteiger partial charge < -0.3 is 20.6 Å². The van der Waals surface area contributed by atoms with Crippen LogP contribution in [0, 0.1) is 0 Å². The van der Waals surface area contributed by atoms with E-state index in [1.54, 1.807) is 0 Å². The predicted molar refractivity (Wildman–Crippen MR) is 35.5 cm³/mol.